The van der Waals surface area contributed by atoms with Crippen molar-refractivity contribution in [1.82, 2.24) is 0 Å². The predicted molar refractivity (Wildman–Crippen MR) is 208 cm³/mol. The molecule has 0 spiro atoms. The molecule has 0 aliphatic carbocycles. The van der Waals surface area contributed by atoms with E-state index < -0.39 is 45.0 Å². The summed E-state index contributed by atoms with van der Waals surface area (Å²) in [5.41, 5.74) is 14.8. The van der Waals surface area contributed by atoms with Crippen molar-refractivity contribution in [2.45, 2.75) is 46.5 Å². The number of carbonyl (C=O) groups excluding carboxylic acids is 1. The van der Waals surface area contributed by atoms with E-state index in [4.69, 9.17) is 51.1 Å². The van der Waals surface area contributed by atoms with Gasteiger partial charge in [-0.25, -0.2) is 0 Å². The number of hydrogen-bond donors (Lipinski definition) is 9. The lowest BCUT2D eigenvalue weighted by atomic mass is 10.0. The number of nitrogens with one attached hydrogen (secondary N) is 2. The van der Waals surface area contributed by atoms with Crippen molar-refractivity contribution in [2.75, 3.05) is 37.9 Å². The lowest BCUT2D eigenvalue weighted by Crippen LogP contribution is -2.10. The Morgan fingerprint density at radius 3 is 1.37 bits per heavy atom. The van der Waals surface area contributed by atoms with Crippen molar-refractivity contribution < 1.29 is 55.5 Å². The second-order valence-corrected chi connectivity index (χ2v) is 14.7. The molecule has 16 nitrogen and oxygen atoms in total. The fourth-order valence-corrected chi connectivity index (χ4v) is 4.20. The summed E-state index contributed by atoms with van der Waals surface area (Å²) in [4.78, 5) is 11.1. The van der Waals surface area contributed by atoms with Crippen LogP contribution in [0.15, 0.2) is 78.4 Å². The summed E-state index contributed by atoms with van der Waals surface area (Å²) in [5, 5.41) is 40.0. The van der Waals surface area contributed by atoms with Crippen LogP contribution >= 0.6 is 0 Å². The number of phenols is 1. The Morgan fingerprint density at radius 1 is 0.685 bits per heavy atom. The number of aromatic hydroxyl groups is 1. The number of carbonyl (C=O) groups is 1. The van der Waals surface area contributed by atoms with Gasteiger partial charge in [0.25, 0.3) is 20.2 Å². The third kappa shape index (κ3) is 25.2. The first-order valence-corrected chi connectivity index (χ1v) is 19.6. The highest BCUT2D eigenvalue weighted by molar-refractivity contribution is 7.86. The molecule has 300 valence electrons. The quantitative estimate of drug-likeness (QED) is 0.0235. The van der Waals surface area contributed by atoms with Crippen molar-refractivity contribution >= 4 is 37.7 Å². The zero-order valence-corrected chi connectivity index (χ0v) is 32.2. The van der Waals surface area contributed by atoms with Crippen LogP contribution in [0.3, 0.4) is 0 Å². The number of phenolic OH excluding ortho intramolecular Hbond substituents is 1. The molecule has 0 unspecified atom stereocenters. The molecular weight excluding hydrogens is 745 g/mol. The minimum absolute atomic E-state index is 0.0217. The highest BCUT2D eigenvalue weighted by Gasteiger charge is 2.05. The van der Waals surface area contributed by atoms with Gasteiger partial charge in [-0.1, -0.05) is 11.6 Å². The summed E-state index contributed by atoms with van der Waals surface area (Å²) < 4.78 is 65.5. The first-order chi connectivity index (χ1) is 25.2. The molecule has 18 heteroatoms. The maximum absolute atomic E-state index is 11.1. The van der Waals surface area contributed by atoms with Crippen LogP contribution in [-0.2, 0) is 26.7 Å². The Kier molecular flexibility index (Phi) is 23.7. The molecule has 3 rings (SSSR count). The standard InChI is InChI=1S/C19H24N4O2.C13H16O2.2C2H6O4S/c20-18(21)14-4-8-16(9-5-14)24-12-2-1-3-13-25-17-10-6-15(7-11-17)19(22)23;1-9(2)4-5-12-8-11(10(3)14)6-7-13(12)15;2*3-1-2-7(4,5)6/h4-11H,1-3,12-13H2,(H3,20,21)(H3,22,23);4,6-8,15H,5H2,1-3H3;2*3H,1-2H2,(H,4,5,6). The smallest absolute Gasteiger partial charge is 0.267 e. The maximum Gasteiger partial charge on any atom is 0.267 e. The van der Waals surface area contributed by atoms with E-state index in [9.17, 15) is 26.7 Å². The molecule has 0 amide bonds. The molecule has 3 aromatic carbocycles. The average Bonchev–Trinajstić information content (AvgIpc) is 3.07. The zero-order valence-electron chi connectivity index (χ0n) is 30.6. The van der Waals surface area contributed by atoms with Crippen molar-refractivity contribution in [1.29, 1.82) is 10.8 Å². The molecule has 0 heterocycles. The number of ketones is 1. The second kappa shape index (κ2) is 26.0. The predicted octanol–water partition coefficient (Wildman–Crippen LogP) is 3.72. The zero-order chi connectivity index (χ0) is 41.3. The molecule has 0 aliphatic rings. The Hall–Kier alpha value is -4.85. The van der Waals surface area contributed by atoms with Gasteiger partial charge in [0.2, 0.25) is 0 Å². The van der Waals surface area contributed by atoms with Crippen molar-refractivity contribution in [3.05, 3.63) is 101 Å². The van der Waals surface area contributed by atoms with Crippen LogP contribution in [0.4, 0.5) is 0 Å². The summed E-state index contributed by atoms with van der Waals surface area (Å²) >= 11 is 0. The van der Waals surface area contributed by atoms with Crippen molar-refractivity contribution in [3.63, 3.8) is 0 Å². The monoisotopic (exact) mass is 796 g/mol. The SMILES string of the molecule is CC(=O)c1ccc(O)c(CC=C(C)C)c1.N=C(N)c1ccc(OCCCCCOc2ccc(C(=N)N)cc2)cc1.O=S(=O)(O)CCO.O=S(=O)(O)CCO. The number of rotatable bonds is 17. The van der Waals surface area contributed by atoms with Crippen LogP contribution in [0, 0.1) is 10.8 Å². The largest absolute Gasteiger partial charge is 0.508 e. The minimum atomic E-state index is -3.92. The van der Waals surface area contributed by atoms with Crippen LogP contribution in [0.2, 0.25) is 0 Å². The molecule has 0 radical (unpaired) electrons. The number of ether oxygens (including phenoxy) is 2. The van der Waals surface area contributed by atoms with Crippen LogP contribution in [0.25, 0.3) is 0 Å². The van der Waals surface area contributed by atoms with Gasteiger partial charge in [-0.15, -0.1) is 0 Å². The van der Waals surface area contributed by atoms with Gasteiger partial charge in [0.05, 0.1) is 37.9 Å². The Morgan fingerprint density at radius 2 is 1.07 bits per heavy atom. The minimum Gasteiger partial charge on any atom is -0.508 e. The highest BCUT2D eigenvalue weighted by atomic mass is 32.2. The van der Waals surface area contributed by atoms with Crippen molar-refractivity contribution in [2.24, 2.45) is 11.5 Å². The number of nitrogen functional groups attached to an aromatic ring is 2. The summed E-state index contributed by atoms with van der Waals surface area (Å²) in [5.74, 6) is 0.800. The summed E-state index contributed by atoms with van der Waals surface area (Å²) in [6, 6.07) is 19.4. The molecule has 0 saturated carbocycles. The fourth-order valence-electron chi connectivity index (χ4n) is 3.74. The number of nitrogens with two attached hydrogens (primary N) is 2. The lowest BCUT2D eigenvalue weighted by molar-refractivity contribution is 0.101. The fraction of sp³-hybridized carbons (Fsp3) is 0.361. The van der Waals surface area contributed by atoms with E-state index in [2.05, 4.69) is 0 Å². The van der Waals surface area contributed by atoms with Gasteiger partial charge in [-0.3, -0.25) is 24.7 Å². The van der Waals surface area contributed by atoms with Gasteiger partial charge in [0.15, 0.2) is 5.78 Å². The van der Waals surface area contributed by atoms with E-state index in [1.807, 2.05) is 44.2 Å². The molecular formula is C36H52N4O12S2. The number of hydrogen-bond acceptors (Lipinski definition) is 12. The molecule has 0 aromatic heterocycles. The van der Waals surface area contributed by atoms with Crippen LogP contribution in [0.1, 0.15) is 67.1 Å². The normalized spacial score (nSPS) is 10.5. The van der Waals surface area contributed by atoms with Crippen LogP contribution in [-0.4, -0.2) is 96.6 Å². The van der Waals surface area contributed by atoms with E-state index >= 15 is 0 Å². The number of allylic oxidation sites excluding steroid dienone is 2. The number of benzene rings is 3. The molecule has 3 aromatic rings. The third-order valence-electron chi connectivity index (χ3n) is 6.57. The van der Waals surface area contributed by atoms with E-state index in [0.717, 1.165) is 36.3 Å². The van der Waals surface area contributed by atoms with Crippen LogP contribution < -0.4 is 20.9 Å². The first-order valence-electron chi connectivity index (χ1n) is 16.4. The number of aliphatic hydroxyl groups is 2. The van der Waals surface area contributed by atoms with E-state index in [0.29, 0.717) is 36.3 Å². The van der Waals surface area contributed by atoms with Gasteiger partial charge < -0.3 is 36.3 Å². The van der Waals surface area contributed by atoms with E-state index in [-0.39, 0.29) is 23.2 Å². The summed E-state index contributed by atoms with van der Waals surface area (Å²) in [6.07, 6.45) is 5.59. The maximum atomic E-state index is 11.1. The third-order valence-corrected chi connectivity index (χ3v) is 7.97. The first kappa shape index (κ1) is 49.1. The number of unbranched alkanes of at least 4 members (excludes halogenated alkanes) is 2. The lowest BCUT2D eigenvalue weighted by Gasteiger charge is -2.08. The average molecular weight is 797 g/mol. The second-order valence-electron chi connectivity index (χ2n) is 11.5. The number of amidine groups is 2. The molecule has 11 N–H and O–H groups in total. The Balaban J connectivity index is 0.000000814. The summed E-state index contributed by atoms with van der Waals surface area (Å²) in [7, 11) is -7.85. The van der Waals surface area contributed by atoms with Gasteiger partial charge in [-0.05, 0) is 119 Å². The number of aliphatic hydroxyl groups excluding tert-OH is 2. The summed E-state index contributed by atoms with van der Waals surface area (Å²) in [6.45, 7) is 5.77. The van der Waals surface area contributed by atoms with Gasteiger partial charge in [-0.2, -0.15) is 16.8 Å². The molecule has 54 heavy (non-hydrogen) atoms. The molecule has 0 atom stereocenters. The molecule has 0 bridgehead atoms. The van der Waals surface area contributed by atoms with Crippen molar-refractivity contribution in [3.8, 4) is 17.2 Å². The molecule has 0 fully saturated rings. The van der Waals surface area contributed by atoms with Gasteiger partial charge >= 0.3 is 0 Å². The van der Waals surface area contributed by atoms with Crippen LogP contribution in [0.5, 0.6) is 17.2 Å². The molecule has 0 saturated heterocycles. The van der Waals surface area contributed by atoms with Gasteiger partial charge in [0.1, 0.15) is 28.9 Å². The van der Waals surface area contributed by atoms with E-state index in [1.54, 1.807) is 42.5 Å². The topological polar surface area (TPSA) is 305 Å². The highest BCUT2D eigenvalue weighted by Crippen LogP contribution is 2.20. The Bertz CT molecular complexity index is 1750. The Labute approximate surface area is 317 Å². The number of Topliss-reactive ketones (excluding diaryl/α,β-unsaturated/α-hetero) is 1. The molecule has 0 aliphatic heterocycles. The van der Waals surface area contributed by atoms with E-state index in [1.165, 1.54) is 12.5 Å². The van der Waals surface area contributed by atoms with Gasteiger partial charge in [0, 0.05) is 16.7 Å².